The number of methoxy groups -OCH3 is 2. The van der Waals surface area contributed by atoms with Crippen LogP contribution >= 0.6 is 11.3 Å². The Labute approximate surface area is 167 Å². The van der Waals surface area contributed by atoms with Crippen molar-refractivity contribution in [3.8, 4) is 17.2 Å². The predicted molar refractivity (Wildman–Crippen MR) is 109 cm³/mol. The number of hydrogen-bond acceptors (Lipinski definition) is 5. The molecule has 0 radical (unpaired) electrons. The Morgan fingerprint density at radius 1 is 1.11 bits per heavy atom. The molecule has 0 spiro atoms. The molecule has 1 N–H and O–H groups in total. The highest BCUT2D eigenvalue weighted by Crippen LogP contribution is 2.44. The summed E-state index contributed by atoms with van der Waals surface area (Å²) in [4.78, 5) is 12.0. The first-order chi connectivity index (χ1) is 13.6. The summed E-state index contributed by atoms with van der Waals surface area (Å²) in [5.41, 5.74) is 3.87. The number of hydrogen-bond donors (Lipinski definition) is 1. The molecule has 0 saturated heterocycles. The van der Waals surface area contributed by atoms with Gasteiger partial charge in [-0.2, -0.15) is 0 Å². The van der Waals surface area contributed by atoms with Crippen molar-refractivity contribution in [2.75, 3.05) is 14.2 Å². The minimum Gasteiger partial charge on any atom is -0.493 e. The molecule has 1 aromatic heterocycles. The number of rotatable bonds is 6. The van der Waals surface area contributed by atoms with E-state index in [1.807, 2.05) is 0 Å². The SMILES string of the molecule is COc1cc2sc(C(=O)O)c(OCc3cccc4c3CCCC4)c2cc1OC. The van der Waals surface area contributed by atoms with Crippen LogP contribution in [0, 0.1) is 0 Å². The average Bonchev–Trinajstić information content (AvgIpc) is 3.08. The Morgan fingerprint density at radius 3 is 2.61 bits per heavy atom. The minimum atomic E-state index is -0.996. The molecule has 4 rings (SSSR count). The van der Waals surface area contributed by atoms with Crippen molar-refractivity contribution in [3.63, 3.8) is 0 Å². The standard InChI is InChI=1S/C22H22O5S/c1-25-17-10-16-19(11-18(17)26-2)28-21(22(23)24)20(16)27-12-14-8-5-7-13-6-3-4-9-15(13)14/h5,7-8,10-11H,3-4,6,9,12H2,1-2H3,(H,23,24). The monoisotopic (exact) mass is 398 g/mol. The fourth-order valence-electron chi connectivity index (χ4n) is 3.83. The van der Waals surface area contributed by atoms with Gasteiger partial charge in [-0.25, -0.2) is 4.79 Å². The van der Waals surface area contributed by atoms with E-state index in [0.29, 0.717) is 23.9 Å². The maximum atomic E-state index is 11.8. The van der Waals surface area contributed by atoms with Gasteiger partial charge in [-0.05, 0) is 48.4 Å². The second-order valence-corrected chi connectivity index (χ2v) is 7.87. The quantitative estimate of drug-likeness (QED) is 0.628. The third-order valence-electron chi connectivity index (χ3n) is 5.21. The number of fused-ring (bicyclic) bond motifs is 2. The van der Waals surface area contributed by atoms with E-state index in [-0.39, 0.29) is 4.88 Å². The molecule has 0 amide bonds. The molecule has 5 nitrogen and oxygen atoms in total. The van der Waals surface area contributed by atoms with Crippen molar-refractivity contribution in [2.45, 2.75) is 32.3 Å². The molecular formula is C22H22O5S. The molecule has 28 heavy (non-hydrogen) atoms. The van der Waals surface area contributed by atoms with Crippen LogP contribution < -0.4 is 14.2 Å². The Hall–Kier alpha value is -2.73. The van der Waals surface area contributed by atoms with Crippen LogP contribution in [-0.2, 0) is 19.4 Å². The molecule has 0 atom stereocenters. The van der Waals surface area contributed by atoms with Crippen LogP contribution in [0.3, 0.4) is 0 Å². The van der Waals surface area contributed by atoms with E-state index in [1.165, 1.54) is 35.3 Å². The summed E-state index contributed by atoms with van der Waals surface area (Å²) < 4.78 is 17.6. The number of aromatic carboxylic acids is 1. The fourth-order valence-corrected chi connectivity index (χ4v) is 4.83. The Bertz CT molecular complexity index is 1040. The molecule has 1 aliphatic rings. The van der Waals surface area contributed by atoms with Crippen LogP contribution in [0.1, 0.15) is 39.2 Å². The molecule has 6 heteroatoms. The average molecular weight is 398 g/mol. The summed E-state index contributed by atoms with van der Waals surface area (Å²) in [7, 11) is 3.12. The van der Waals surface area contributed by atoms with Crippen molar-refractivity contribution in [2.24, 2.45) is 0 Å². The lowest BCUT2D eigenvalue weighted by atomic mass is 9.88. The molecule has 0 bridgehead atoms. The van der Waals surface area contributed by atoms with E-state index < -0.39 is 5.97 Å². The van der Waals surface area contributed by atoms with Gasteiger partial charge in [0.15, 0.2) is 22.1 Å². The number of carboxylic acids is 1. The highest BCUT2D eigenvalue weighted by Gasteiger charge is 2.22. The number of carboxylic acid groups (broad SMARTS) is 1. The Kier molecular flexibility index (Phi) is 5.13. The van der Waals surface area contributed by atoms with Crippen molar-refractivity contribution < 1.29 is 24.1 Å². The normalized spacial score (nSPS) is 13.2. The van der Waals surface area contributed by atoms with E-state index >= 15 is 0 Å². The summed E-state index contributed by atoms with van der Waals surface area (Å²) in [6.45, 7) is 0.351. The van der Waals surface area contributed by atoms with Gasteiger partial charge in [0.2, 0.25) is 0 Å². The summed E-state index contributed by atoms with van der Waals surface area (Å²) in [5, 5.41) is 10.4. The second-order valence-electron chi connectivity index (χ2n) is 6.82. The zero-order chi connectivity index (χ0) is 19.7. The van der Waals surface area contributed by atoms with Crippen LogP contribution in [0.2, 0.25) is 0 Å². The first-order valence-corrected chi connectivity index (χ1v) is 10.1. The third-order valence-corrected chi connectivity index (χ3v) is 6.33. The highest BCUT2D eigenvalue weighted by molar-refractivity contribution is 7.21. The van der Waals surface area contributed by atoms with E-state index in [0.717, 1.165) is 28.5 Å². The molecule has 1 aliphatic carbocycles. The first-order valence-electron chi connectivity index (χ1n) is 9.26. The van der Waals surface area contributed by atoms with Crippen LogP contribution in [-0.4, -0.2) is 25.3 Å². The molecule has 0 unspecified atom stereocenters. The van der Waals surface area contributed by atoms with Gasteiger partial charge in [0, 0.05) is 16.2 Å². The van der Waals surface area contributed by atoms with Gasteiger partial charge in [-0.1, -0.05) is 18.2 Å². The minimum absolute atomic E-state index is 0.190. The number of carbonyl (C=O) groups is 1. The van der Waals surface area contributed by atoms with E-state index in [1.54, 1.807) is 26.4 Å². The van der Waals surface area contributed by atoms with Gasteiger partial charge in [0.05, 0.1) is 14.2 Å². The lowest BCUT2D eigenvalue weighted by Crippen LogP contribution is -2.09. The summed E-state index contributed by atoms with van der Waals surface area (Å²) in [5.74, 6) is 0.509. The smallest absolute Gasteiger partial charge is 0.349 e. The van der Waals surface area contributed by atoms with Gasteiger partial charge < -0.3 is 19.3 Å². The van der Waals surface area contributed by atoms with E-state index in [4.69, 9.17) is 14.2 Å². The number of ether oxygens (including phenoxy) is 3. The number of aryl methyl sites for hydroxylation is 1. The zero-order valence-corrected chi connectivity index (χ0v) is 16.7. The van der Waals surface area contributed by atoms with Crippen LogP contribution in [0.4, 0.5) is 0 Å². The molecule has 0 fully saturated rings. The molecule has 1 heterocycles. The van der Waals surface area contributed by atoms with Gasteiger partial charge in [-0.3, -0.25) is 0 Å². The molecule has 0 aliphatic heterocycles. The largest absolute Gasteiger partial charge is 0.493 e. The van der Waals surface area contributed by atoms with Gasteiger partial charge in [0.1, 0.15) is 6.61 Å². The van der Waals surface area contributed by atoms with Gasteiger partial charge in [-0.15, -0.1) is 11.3 Å². The lowest BCUT2D eigenvalue weighted by Gasteiger charge is -2.19. The summed E-state index contributed by atoms with van der Waals surface area (Å²) in [6, 6.07) is 9.89. The third kappa shape index (κ3) is 3.29. The lowest BCUT2D eigenvalue weighted by molar-refractivity contribution is 0.0698. The zero-order valence-electron chi connectivity index (χ0n) is 15.9. The van der Waals surface area contributed by atoms with Crippen LogP contribution in [0.15, 0.2) is 30.3 Å². The Balaban J connectivity index is 1.73. The summed E-state index contributed by atoms with van der Waals surface area (Å²) in [6.07, 6.45) is 4.55. The highest BCUT2D eigenvalue weighted by atomic mass is 32.1. The predicted octanol–water partition coefficient (Wildman–Crippen LogP) is 5.07. The van der Waals surface area contributed by atoms with Crippen molar-refractivity contribution in [3.05, 3.63) is 51.9 Å². The van der Waals surface area contributed by atoms with Crippen molar-refractivity contribution >= 4 is 27.4 Å². The Morgan fingerprint density at radius 2 is 1.86 bits per heavy atom. The van der Waals surface area contributed by atoms with Gasteiger partial charge >= 0.3 is 5.97 Å². The molecule has 146 valence electrons. The topological polar surface area (TPSA) is 65.0 Å². The second kappa shape index (κ2) is 7.72. The maximum absolute atomic E-state index is 11.8. The molecule has 3 aromatic rings. The van der Waals surface area contributed by atoms with Crippen molar-refractivity contribution in [1.29, 1.82) is 0 Å². The molecular weight excluding hydrogens is 376 g/mol. The van der Waals surface area contributed by atoms with Crippen molar-refractivity contribution in [1.82, 2.24) is 0 Å². The van der Waals surface area contributed by atoms with Crippen LogP contribution in [0.25, 0.3) is 10.1 Å². The van der Waals surface area contributed by atoms with E-state index in [9.17, 15) is 9.90 Å². The number of thiophene rings is 1. The molecule has 0 saturated carbocycles. The van der Waals surface area contributed by atoms with Crippen LogP contribution in [0.5, 0.6) is 17.2 Å². The van der Waals surface area contributed by atoms with Gasteiger partial charge in [0.25, 0.3) is 0 Å². The maximum Gasteiger partial charge on any atom is 0.349 e. The first kappa shape index (κ1) is 18.6. The number of benzene rings is 2. The summed E-state index contributed by atoms with van der Waals surface area (Å²) >= 11 is 1.18. The molecule has 2 aromatic carbocycles. The fraction of sp³-hybridized carbons (Fsp3) is 0.318. The van der Waals surface area contributed by atoms with E-state index in [2.05, 4.69) is 18.2 Å².